The Morgan fingerprint density at radius 2 is 1.40 bits per heavy atom. The highest BCUT2D eigenvalue weighted by molar-refractivity contribution is 9.10. The van der Waals surface area contributed by atoms with Crippen molar-refractivity contribution >= 4 is 32.9 Å². The van der Waals surface area contributed by atoms with E-state index in [0.717, 1.165) is 10.9 Å². The van der Waals surface area contributed by atoms with Crippen LogP contribution in [0.4, 0.5) is 0 Å². The highest BCUT2D eigenvalue weighted by atomic mass is 79.9. The summed E-state index contributed by atoms with van der Waals surface area (Å²) in [4.78, 5) is 0. The van der Waals surface area contributed by atoms with Gasteiger partial charge >= 0.3 is 0 Å². The molecule has 0 amide bonds. The van der Waals surface area contributed by atoms with Gasteiger partial charge in [0.1, 0.15) is 0 Å². The molecule has 1 nitrogen and oxygen atoms in total. The van der Waals surface area contributed by atoms with Crippen LogP contribution in [0.3, 0.4) is 0 Å². The molecule has 0 spiro atoms. The van der Waals surface area contributed by atoms with E-state index in [1.807, 2.05) is 0 Å². The number of benzene rings is 5. The van der Waals surface area contributed by atoms with E-state index < -0.39 is 0 Å². The monoisotopic (exact) mass is 605 g/mol. The highest BCUT2D eigenvalue weighted by Crippen LogP contribution is 2.50. The number of aromatic nitrogens is 1. The summed E-state index contributed by atoms with van der Waals surface area (Å²) in [6.07, 6.45) is 5.76. The van der Waals surface area contributed by atoms with Crippen molar-refractivity contribution in [2.24, 2.45) is 0 Å². The molecule has 2 aliphatic carbocycles. The lowest BCUT2D eigenvalue weighted by Crippen LogP contribution is -2.14. The second kappa shape index (κ2) is 9.44. The minimum atomic E-state index is 0.00356. The molecule has 1 heterocycles. The second-order valence-electron chi connectivity index (χ2n) is 12.4. The van der Waals surface area contributed by atoms with E-state index >= 15 is 0 Å². The molecule has 0 aliphatic heterocycles. The van der Waals surface area contributed by atoms with Crippen LogP contribution in [0.5, 0.6) is 0 Å². The first-order valence-electron chi connectivity index (χ1n) is 14.9. The number of hydrogen-bond acceptors (Lipinski definition) is 0. The molecule has 1 atom stereocenters. The van der Waals surface area contributed by atoms with Crippen molar-refractivity contribution in [1.29, 1.82) is 0 Å². The smallest absolute Gasteiger partial charge is 0.0543 e. The zero-order valence-corrected chi connectivity index (χ0v) is 25.7. The van der Waals surface area contributed by atoms with Gasteiger partial charge in [0, 0.05) is 26.7 Å². The predicted molar refractivity (Wildman–Crippen MR) is 181 cm³/mol. The topological polar surface area (TPSA) is 4.93 Å². The van der Waals surface area contributed by atoms with Crippen molar-refractivity contribution in [2.45, 2.75) is 38.5 Å². The van der Waals surface area contributed by atoms with Gasteiger partial charge in [0.15, 0.2) is 0 Å². The van der Waals surface area contributed by atoms with Crippen LogP contribution in [0.15, 0.2) is 120 Å². The normalized spacial score (nSPS) is 16.3. The minimum absolute atomic E-state index is 0.00356. The van der Waals surface area contributed by atoms with Crippen LogP contribution in [-0.4, -0.2) is 4.57 Å². The maximum Gasteiger partial charge on any atom is 0.0543 e. The van der Waals surface area contributed by atoms with Crippen molar-refractivity contribution in [3.8, 4) is 39.1 Å². The number of fused-ring (bicyclic) bond motifs is 6. The molecule has 0 fully saturated rings. The summed E-state index contributed by atoms with van der Waals surface area (Å²) in [5.74, 6) is 0.480. The summed E-state index contributed by atoms with van der Waals surface area (Å²) in [5.41, 5.74) is 15.7. The lowest BCUT2D eigenvalue weighted by molar-refractivity contribution is 0.660. The van der Waals surface area contributed by atoms with Crippen molar-refractivity contribution in [3.63, 3.8) is 0 Å². The van der Waals surface area contributed by atoms with E-state index in [-0.39, 0.29) is 5.41 Å². The molecule has 0 N–H and O–H groups in total. The summed E-state index contributed by atoms with van der Waals surface area (Å²) < 4.78 is 3.60. The standard InChI is InChI=1S/C40H32BrN/c1-25-9-6-16-37-39(25)33-19-17-29(27-11-7-10-26(21-27)28-12-8-13-30(41)22-28)23-38(33)42(37)31-18-20-36-34(24-31)32-14-4-5-15-35(32)40(36,2)3/h4-8,10-25H,9H2,1-3H3. The summed E-state index contributed by atoms with van der Waals surface area (Å²) in [6.45, 7) is 7.06. The average Bonchev–Trinajstić information content (AvgIpc) is 3.46. The van der Waals surface area contributed by atoms with Gasteiger partial charge in [0.05, 0.1) is 5.52 Å². The number of halogens is 1. The first kappa shape index (κ1) is 25.6. The Balaban J connectivity index is 1.33. The fourth-order valence-electron chi connectivity index (χ4n) is 7.37. The Morgan fingerprint density at radius 3 is 2.21 bits per heavy atom. The Labute approximate surface area is 256 Å². The molecule has 2 aliphatic rings. The van der Waals surface area contributed by atoms with Crippen molar-refractivity contribution < 1.29 is 0 Å². The first-order chi connectivity index (χ1) is 20.4. The molecular weight excluding hydrogens is 574 g/mol. The zero-order chi connectivity index (χ0) is 28.6. The third-order valence-electron chi connectivity index (χ3n) is 9.48. The van der Waals surface area contributed by atoms with Crippen LogP contribution in [0.25, 0.3) is 56.0 Å². The molecule has 2 heteroatoms. The first-order valence-corrected chi connectivity index (χ1v) is 15.7. The fraction of sp³-hybridized carbons (Fsp3) is 0.150. The van der Waals surface area contributed by atoms with Crippen LogP contribution in [0.2, 0.25) is 0 Å². The molecule has 6 aromatic rings. The molecule has 0 saturated carbocycles. The van der Waals surface area contributed by atoms with Crippen LogP contribution in [0.1, 0.15) is 55.5 Å². The van der Waals surface area contributed by atoms with Crippen molar-refractivity contribution in [3.05, 3.63) is 142 Å². The second-order valence-corrected chi connectivity index (χ2v) is 13.3. The lowest BCUT2D eigenvalue weighted by atomic mass is 9.82. The summed E-state index contributed by atoms with van der Waals surface area (Å²) in [6, 6.07) is 40.5. The molecule has 204 valence electrons. The van der Waals surface area contributed by atoms with E-state index in [4.69, 9.17) is 0 Å². The molecule has 0 saturated heterocycles. The van der Waals surface area contributed by atoms with E-state index in [1.54, 1.807) is 0 Å². The number of rotatable bonds is 3. The Kier molecular flexibility index (Phi) is 5.75. The zero-order valence-electron chi connectivity index (χ0n) is 24.2. The summed E-state index contributed by atoms with van der Waals surface area (Å²) in [5, 5.41) is 1.36. The van der Waals surface area contributed by atoms with E-state index in [9.17, 15) is 0 Å². The third kappa shape index (κ3) is 3.82. The van der Waals surface area contributed by atoms with Crippen LogP contribution >= 0.6 is 15.9 Å². The molecule has 0 radical (unpaired) electrons. The number of allylic oxidation sites excluding steroid dienone is 1. The average molecular weight is 607 g/mol. The van der Waals surface area contributed by atoms with E-state index in [1.165, 1.54) is 72.4 Å². The van der Waals surface area contributed by atoms with Gasteiger partial charge < -0.3 is 4.57 Å². The van der Waals surface area contributed by atoms with Crippen LogP contribution in [0, 0.1) is 0 Å². The van der Waals surface area contributed by atoms with Gasteiger partial charge in [-0.15, -0.1) is 0 Å². The van der Waals surface area contributed by atoms with Crippen LogP contribution < -0.4 is 0 Å². The quantitative estimate of drug-likeness (QED) is 0.189. The molecule has 1 unspecified atom stereocenters. The largest absolute Gasteiger partial charge is 0.310 e. The minimum Gasteiger partial charge on any atom is -0.310 e. The van der Waals surface area contributed by atoms with Gasteiger partial charge in [-0.2, -0.15) is 0 Å². The third-order valence-corrected chi connectivity index (χ3v) is 9.98. The van der Waals surface area contributed by atoms with Gasteiger partial charge in [0.25, 0.3) is 0 Å². The molecule has 1 aromatic heterocycles. The lowest BCUT2D eigenvalue weighted by Gasteiger charge is -2.22. The van der Waals surface area contributed by atoms with E-state index in [2.05, 4.69) is 163 Å². The summed E-state index contributed by atoms with van der Waals surface area (Å²) in [7, 11) is 0. The van der Waals surface area contributed by atoms with Crippen molar-refractivity contribution in [2.75, 3.05) is 0 Å². The number of hydrogen-bond donors (Lipinski definition) is 0. The van der Waals surface area contributed by atoms with Gasteiger partial charge in [-0.1, -0.05) is 116 Å². The van der Waals surface area contributed by atoms with Crippen molar-refractivity contribution in [1.82, 2.24) is 4.57 Å². The van der Waals surface area contributed by atoms with Gasteiger partial charge in [0.2, 0.25) is 0 Å². The Morgan fingerprint density at radius 1 is 0.690 bits per heavy atom. The van der Waals surface area contributed by atoms with Gasteiger partial charge in [-0.25, -0.2) is 0 Å². The maximum atomic E-state index is 3.64. The van der Waals surface area contributed by atoms with Gasteiger partial charge in [-0.05, 0) is 105 Å². The SMILES string of the molecule is CC1CC=Cc2c1c1ccc(-c3cccc(-c4cccc(Br)c4)c3)cc1n2-c1ccc2c(c1)-c1ccccc1C2(C)C. The van der Waals surface area contributed by atoms with Crippen LogP contribution in [-0.2, 0) is 5.41 Å². The molecule has 8 rings (SSSR count). The van der Waals surface area contributed by atoms with Gasteiger partial charge in [-0.3, -0.25) is 0 Å². The van der Waals surface area contributed by atoms with E-state index in [0.29, 0.717) is 5.92 Å². The molecule has 5 aromatic carbocycles. The number of nitrogens with zero attached hydrogens (tertiary/aromatic N) is 1. The molecule has 0 bridgehead atoms. The Hall–Kier alpha value is -4.14. The summed E-state index contributed by atoms with van der Waals surface area (Å²) >= 11 is 3.64. The molecular formula is C40H32BrN. The highest BCUT2D eigenvalue weighted by Gasteiger charge is 2.35. The maximum absolute atomic E-state index is 3.64. The fourth-order valence-corrected chi connectivity index (χ4v) is 7.77. The molecule has 42 heavy (non-hydrogen) atoms. The predicted octanol–water partition coefficient (Wildman–Crippen LogP) is 11.6. The Bertz CT molecular complexity index is 2070.